The van der Waals surface area contributed by atoms with Gasteiger partial charge in [0.1, 0.15) is 0 Å². The van der Waals surface area contributed by atoms with E-state index in [1.807, 2.05) is 23.7 Å². The second kappa shape index (κ2) is 8.00. The molecule has 8 nitrogen and oxygen atoms in total. The van der Waals surface area contributed by atoms with E-state index in [1.165, 1.54) is 11.8 Å². The molecule has 0 saturated heterocycles. The van der Waals surface area contributed by atoms with E-state index in [4.69, 9.17) is 5.73 Å². The average molecular weight is 382 g/mol. The van der Waals surface area contributed by atoms with Crippen LogP contribution < -0.4 is 11.1 Å². The van der Waals surface area contributed by atoms with Gasteiger partial charge in [-0.15, -0.1) is 10.2 Å². The van der Waals surface area contributed by atoms with Crippen molar-refractivity contribution in [1.82, 2.24) is 19.7 Å². The summed E-state index contributed by atoms with van der Waals surface area (Å²) in [6.45, 7) is 1.79. The first-order valence-corrected chi connectivity index (χ1v) is 9.01. The molecule has 0 aliphatic rings. The predicted octanol–water partition coefficient (Wildman–Crippen LogP) is 2.10. The Bertz CT molecular complexity index is 956. The minimum Gasteiger partial charge on any atom is -0.366 e. The number of primary amides is 1. The molecule has 0 unspecified atom stereocenters. The van der Waals surface area contributed by atoms with E-state index in [0.717, 1.165) is 5.56 Å². The number of carbonyl (C=O) groups excluding carboxylic acids is 2. The van der Waals surface area contributed by atoms with Gasteiger partial charge in [-0.25, -0.2) is 0 Å². The lowest BCUT2D eigenvalue weighted by Gasteiger charge is -2.12. The minimum absolute atomic E-state index is 0.180. The summed E-state index contributed by atoms with van der Waals surface area (Å²) < 4.78 is 1.84. The zero-order valence-electron chi connectivity index (χ0n) is 14.8. The maximum Gasteiger partial charge on any atom is 0.248 e. The van der Waals surface area contributed by atoms with E-state index in [9.17, 15) is 9.59 Å². The first-order valence-electron chi connectivity index (χ1n) is 8.13. The van der Waals surface area contributed by atoms with Crippen LogP contribution in [0.2, 0.25) is 0 Å². The fourth-order valence-corrected chi connectivity index (χ4v) is 3.16. The number of carbonyl (C=O) groups is 2. The largest absolute Gasteiger partial charge is 0.366 e. The zero-order valence-corrected chi connectivity index (χ0v) is 15.6. The summed E-state index contributed by atoms with van der Waals surface area (Å²) in [7, 11) is 1.85. The molecule has 2 heterocycles. The number of pyridine rings is 1. The zero-order chi connectivity index (χ0) is 19.4. The van der Waals surface area contributed by atoms with Crippen molar-refractivity contribution >= 4 is 29.3 Å². The molecule has 9 heteroatoms. The third-order valence-corrected chi connectivity index (χ3v) is 5.00. The first kappa shape index (κ1) is 18.6. The normalized spacial score (nSPS) is 11.8. The van der Waals surface area contributed by atoms with Gasteiger partial charge in [-0.2, -0.15) is 0 Å². The first-order chi connectivity index (χ1) is 13.0. The molecule has 0 radical (unpaired) electrons. The van der Waals surface area contributed by atoms with Crippen LogP contribution in [0, 0.1) is 0 Å². The molecule has 3 rings (SSSR count). The van der Waals surface area contributed by atoms with Crippen LogP contribution >= 0.6 is 11.8 Å². The van der Waals surface area contributed by atoms with Gasteiger partial charge < -0.3 is 15.6 Å². The van der Waals surface area contributed by atoms with Gasteiger partial charge in [0.2, 0.25) is 11.8 Å². The summed E-state index contributed by atoms with van der Waals surface area (Å²) in [6, 6.07) is 10.1. The van der Waals surface area contributed by atoms with Crippen LogP contribution in [-0.4, -0.2) is 36.8 Å². The van der Waals surface area contributed by atoms with E-state index >= 15 is 0 Å². The highest BCUT2D eigenvalue weighted by atomic mass is 32.2. The highest BCUT2D eigenvalue weighted by molar-refractivity contribution is 8.00. The molecule has 3 aromatic rings. The van der Waals surface area contributed by atoms with Crippen molar-refractivity contribution in [2.45, 2.75) is 17.3 Å². The SMILES string of the molecule is C[C@@H](Sc1nnc(-c2ccncc2)n1C)C(=O)Nc1ccc(C(N)=O)cc1. The summed E-state index contributed by atoms with van der Waals surface area (Å²) in [6.07, 6.45) is 3.38. The van der Waals surface area contributed by atoms with Crippen LogP contribution in [0.4, 0.5) is 5.69 Å². The van der Waals surface area contributed by atoms with Crippen LogP contribution in [0.1, 0.15) is 17.3 Å². The van der Waals surface area contributed by atoms with Crippen LogP contribution in [0.5, 0.6) is 0 Å². The smallest absolute Gasteiger partial charge is 0.248 e. The molecule has 0 saturated carbocycles. The number of anilines is 1. The summed E-state index contributed by atoms with van der Waals surface area (Å²) >= 11 is 1.31. The van der Waals surface area contributed by atoms with E-state index in [0.29, 0.717) is 22.2 Å². The van der Waals surface area contributed by atoms with Crippen molar-refractivity contribution in [2.24, 2.45) is 12.8 Å². The molecular formula is C18H18N6O2S. The monoisotopic (exact) mass is 382 g/mol. The molecule has 1 aromatic carbocycles. The number of hydrogen-bond acceptors (Lipinski definition) is 6. The summed E-state index contributed by atoms with van der Waals surface area (Å²) in [5, 5.41) is 11.4. The quantitative estimate of drug-likeness (QED) is 0.631. The Labute approximate surface area is 160 Å². The van der Waals surface area contributed by atoms with E-state index in [1.54, 1.807) is 43.6 Å². The molecule has 0 aliphatic carbocycles. The van der Waals surface area contributed by atoms with Crippen LogP contribution in [0.25, 0.3) is 11.4 Å². The number of aromatic nitrogens is 4. The van der Waals surface area contributed by atoms with Gasteiger partial charge in [-0.1, -0.05) is 11.8 Å². The number of nitrogens with one attached hydrogen (secondary N) is 1. The Kier molecular flexibility index (Phi) is 5.51. The highest BCUT2D eigenvalue weighted by Gasteiger charge is 2.19. The number of nitrogens with zero attached hydrogens (tertiary/aromatic N) is 4. The number of benzene rings is 1. The predicted molar refractivity (Wildman–Crippen MR) is 103 cm³/mol. The lowest BCUT2D eigenvalue weighted by molar-refractivity contribution is -0.115. The Hall–Kier alpha value is -3.20. The van der Waals surface area contributed by atoms with Crippen molar-refractivity contribution in [3.8, 4) is 11.4 Å². The van der Waals surface area contributed by atoms with Crippen molar-refractivity contribution < 1.29 is 9.59 Å². The Morgan fingerprint density at radius 2 is 1.78 bits per heavy atom. The van der Waals surface area contributed by atoms with Gasteiger partial charge in [-0.3, -0.25) is 14.6 Å². The number of nitrogens with two attached hydrogens (primary N) is 1. The second-order valence-corrected chi connectivity index (χ2v) is 7.10. The third kappa shape index (κ3) is 4.32. The van der Waals surface area contributed by atoms with Crippen LogP contribution in [-0.2, 0) is 11.8 Å². The maximum absolute atomic E-state index is 12.4. The molecule has 0 bridgehead atoms. The summed E-state index contributed by atoms with van der Waals surface area (Å²) in [5.41, 5.74) is 7.09. The Balaban J connectivity index is 1.66. The molecule has 2 amide bonds. The van der Waals surface area contributed by atoms with Gasteiger partial charge in [0, 0.05) is 36.3 Å². The van der Waals surface area contributed by atoms with E-state index < -0.39 is 11.2 Å². The topological polar surface area (TPSA) is 116 Å². The fraction of sp³-hybridized carbons (Fsp3) is 0.167. The molecule has 0 fully saturated rings. The fourth-order valence-electron chi connectivity index (χ4n) is 2.34. The average Bonchev–Trinajstić information content (AvgIpc) is 3.03. The molecule has 0 aliphatic heterocycles. The molecule has 2 aromatic heterocycles. The van der Waals surface area contributed by atoms with Crippen LogP contribution in [0.3, 0.4) is 0 Å². The number of hydrogen-bond donors (Lipinski definition) is 2. The van der Waals surface area contributed by atoms with E-state index in [-0.39, 0.29) is 5.91 Å². The summed E-state index contributed by atoms with van der Waals surface area (Å²) in [4.78, 5) is 27.5. The number of thioether (sulfide) groups is 1. The molecule has 138 valence electrons. The lowest BCUT2D eigenvalue weighted by Crippen LogP contribution is -2.23. The van der Waals surface area contributed by atoms with Crippen molar-refractivity contribution in [1.29, 1.82) is 0 Å². The van der Waals surface area contributed by atoms with Gasteiger partial charge in [0.05, 0.1) is 5.25 Å². The highest BCUT2D eigenvalue weighted by Crippen LogP contribution is 2.26. The molecule has 3 N–H and O–H groups in total. The molecular weight excluding hydrogens is 364 g/mol. The van der Waals surface area contributed by atoms with Crippen molar-refractivity contribution in [2.75, 3.05) is 5.32 Å². The second-order valence-electron chi connectivity index (χ2n) is 5.79. The standard InChI is InChI=1S/C18H18N6O2S/c1-11(17(26)21-14-5-3-12(4-6-14)15(19)25)27-18-23-22-16(24(18)2)13-7-9-20-10-8-13/h3-11H,1-2H3,(H2,19,25)(H,21,26)/t11-/m1/s1. The Morgan fingerprint density at radius 3 is 2.41 bits per heavy atom. The van der Waals surface area contributed by atoms with Gasteiger partial charge in [0.15, 0.2) is 11.0 Å². The lowest BCUT2D eigenvalue weighted by atomic mass is 10.2. The van der Waals surface area contributed by atoms with Gasteiger partial charge in [0.25, 0.3) is 0 Å². The molecule has 27 heavy (non-hydrogen) atoms. The van der Waals surface area contributed by atoms with Crippen molar-refractivity contribution in [3.05, 3.63) is 54.4 Å². The van der Waals surface area contributed by atoms with Gasteiger partial charge >= 0.3 is 0 Å². The van der Waals surface area contributed by atoms with Crippen LogP contribution in [0.15, 0.2) is 53.9 Å². The molecule has 1 atom stereocenters. The van der Waals surface area contributed by atoms with E-state index in [2.05, 4.69) is 20.5 Å². The minimum atomic E-state index is -0.510. The molecule has 0 spiro atoms. The summed E-state index contributed by atoms with van der Waals surface area (Å²) in [5.74, 6) is 0.0129. The Morgan fingerprint density at radius 1 is 1.11 bits per heavy atom. The number of amides is 2. The van der Waals surface area contributed by atoms with Crippen molar-refractivity contribution in [3.63, 3.8) is 0 Å². The third-order valence-electron chi connectivity index (χ3n) is 3.86. The van der Waals surface area contributed by atoms with Gasteiger partial charge in [-0.05, 0) is 43.3 Å². The number of rotatable bonds is 6. The maximum atomic E-state index is 12.4.